The van der Waals surface area contributed by atoms with E-state index in [-0.39, 0.29) is 17.4 Å². The second-order valence-corrected chi connectivity index (χ2v) is 9.42. The van der Waals surface area contributed by atoms with Crippen molar-refractivity contribution in [3.8, 4) is 17.2 Å². The van der Waals surface area contributed by atoms with Crippen LogP contribution in [0.5, 0.6) is 17.2 Å². The number of ether oxygens (including phenoxy) is 3. The Bertz CT molecular complexity index is 1030. The molecule has 2 N–H and O–H groups in total. The van der Waals surface area contributed by atoms with Crippen LogP contribution in [-0.4, -0.2) is 29.5 Å². The van der Waals surface area contributed by atoms with Crippen molar-refractivity contribution in [3.63, 3.8) is 0 Å². The van der Waals surface area contributed by atoms with E-state index < -0.39 is 5.72 Å². The van der Waals surface area contributed by atoms with E-state index in [0.717, 1.165) is 22.4 Å². The third-order valence-electron chi connectivity index (χ3n) is 5.81. The molecule has 4 rings (SSSR count). The van der Waals surface area contributed by atoms with Crippen molar-refractivity contribution in [2.24, 2.45) is 0 Å². The summed E-state index contributed by atoms with van der Waals surface area (Å²) in [5, 5.41) is 7.29. The van der Waals surface area contributed by atoms with Gasteiger partial charge < -0.3 is 24.8 Å². The minimum absolute atomic E-state index is 0.0743. The fourth-order valence-corrected chi connectivity index (χ4v) is 5.29. The van der Waals surface area contributed by atoms with Gasteiger partial charge in [0.1, 0.15) is 17.2 Å². The SMILES string of the molecule is COc1ccc([C@H]2C[C@@]3(CC(C)(C)NC(=S)N3)Oc3cc(OC(C)=O)cc(C)c32)cc1. The van der Waals surface area contributed by atoms with Gasteiger partial charge in [0.15, 0.2) is 10.8 Å². The molecule has 2 heterocycles. The van der Waals surface area contributed by atoms with Crippen LogP contribution in [0.25, 0.3) is 0 Å². The van der Waals surface area contributed by atoms with Crippen LogP contribution in [0.15, 0.2) is 36.4 Å². The van der Waals surface area contributed by atoms with Gasteiger partial charge in [0.25, 0.3) is 0 Å². The lowest BCUT2D eigenvalue weighted by molar-refractivity contribution is -0.131. The maximum Gasteiger partial charge on any atom is 0.308 e. The molecule has 7 heteroatoms. The van der Waals surface area contributed by atoms with Gasteiger partial charge in [0, 0.05) is 42.9 Å². The minimum Gasteiger partial charge on any atom is -0.497 e. The molecule has 1 saturated heterocycles. The number of thiocarbonyl (C=S) groups is 1. The van der Waals surface area contributed by atoms with Crippen LogP contribution in [-0.2, 0) is 4.79 Å². The predicted octanol–water partition coefficient (Wildman–Crippen LogP) is 4.19. The van der Waals surface area contributed by atoms with Gasteiger partial charge in [-0.1, -0.05) is 12.1 Å². The highest BCUT2D eigenvalue weighted by atomic mass is 32.1. The van der Waals surface area contributed by atoms with E-state index in [1.54, 1.807) is 13.2 Å². The first-order valence-electron chi connectivity index (χ1n) is 10.4. The molecule has 1 fully saturated rings. The van der Waals surface area contributed by atoms with E-state index in [1.165, 1.54) is 6.92 Å². The number of nitrogens with one attached hydrogen (secondary N) is 2. The topological polar surface area (TPSA) is 68.8 Å². The number of rotatable bonds is 3. The zero-order valence-corrected chi connectivity index (χ0v) is 19.3. The summed E-state index contributed by atoms with van der Waals surface area (Å²) >= 11 is 5.52. The number of methoxy groups -OCH3 is 1. The lowest BCUT2D eigenvalue weighted by Crippen LogP contribution is -2.69. The smallest absolute Gasteiger partial charge is 0.308 e. The molecule has 2 aliphatic heterocycles. The summed E-state index contributed by atoms with van der Waals surface area (Å²) < 4.78 is 17.3. The zero-order chi connectivity index (χ0) is 22.4. The van der Waals surface area contributed by atoms with Crippen LogP contribution in [0.2, 0.25) is 0 Å². The molecule has 164 valence electrons. The molecular weight excluding hydrogens is 412 g/mol. The van der Waals surface area contributed by atoms with Crippen LogP contribution in [0.1, 0.15) is 56.2 Å². The van der Waals surface area contributed by atoms with Crippen molar-refractivity contribution in [1.29, 1.82) is 0 Å². The van der Waals surface area contributed by atoms with E-state index in [0.29, 0.717) is 29.5 Å². The first kappa shape index (κ1) is 21.4. The van der Waals surface area contributed by atoms with Crippen LogP contribution in [0, 0.1) is 6.92 Å². The van der Waals surface area contributed by atoms with Gasteiger partial charge in [0.05, 0.1) is 7.11 Å². The molecule has 2 aliphatic rings. The monoisotopic (exact) mass is 440 g/mol. The Morgan fingerprint density at radius 2 is 1.87 bits per heavy atom. The molecule has 2 aromatic carbocycles. The summed E-state index contributed by atoms with van der Waals surface area (Å²) in [7, 11) is 1.66. The molecular formula is C24H28N2O4S. The van der Waals surface area contributed by atoms with E-state index in [4.69, 9.17) is 26.4 Å². The molecule has 2 aromatic rings. The number of hydrogen-bond acceptors (Lipinski definition) is 5. The van der Waals surface area contributed by atoms with E-state index >= 15 is 0 Å². The van der Waals surface area contributed by atoms with Crippen molar-refractivity contribution in [2.75, 3.05) is 7.11 Å². The lowest BCUT2D eigenvalue weighted by atomic mass is 9.76. The number of carbonyl (C=O) groups excluding carboxylic acids is 1. The van der Waals surface area contributed by atoms with Gasteiger partial charge >= 0.3 is 5.97 Å². The Balaban J connectivity index is 1.84. The van der Waals surface area contributed by atoms with Crippen molar-refractivity contribution < 1.29 is 19.0 Å². The highest BCUT2D eigenvalue weighted by molar-refractivity contribution is 7.80. The minimum atomic E-state index is -0.676. The van der Waals surface area contributed by atoms with Gasteiger partial charge in [-0.3, -0.25) is 4.79 Å². The summed E-state index contributed by atoms with van der Waals surface area (Å²) in [6.07, 6.45) is 1.43. The Kier molecular flexibility index (Phi) is 5.33. The Morgan fingerprint density at radius 1 is 1.16 bits per heavy atom. The normalized spacial score (nSPS) is 23.8. The number of esters is 1. The fraction of sp³-hybridized carbons (Fsp3) is 0.417. The molecule has 1 spiro atoms. The van der Waals surface area contributed by atoms with E-state index in [1.807, 2.05) is 25.1 Å². The molecule has 0 aromatic heterocycles. The number of benzene rings is 2. The maximum absolute atomic E-state index is 11.5. The molecule has 6 nitrogen and oxygen atoms in total. The molecule has 0 unspecified atom stereocenters. The Morgan fingerprint density at radius 3 is 2.48 bits per heavy atom. The quantitative estimate of drug-likeness (QED) is 0.421. The van der Waals surface area contributed by atoms with Crippen molar-refractivity contribution in [3.05, 3.63) is 53.1 Å². The molecule has 2 atom stereocenters. The molecule has 31 heavy (non-hydrogen) atoms. The van der Waals surface area contributed by atoms with Gasteiger partial charge in [-0.2, -0.15) is 0 Å². The summed E-state index contributed by atoms with van der Waals surface area (Å²) in [4.78, 5) is 11.5. The highest BCUT2D eigenvalue weighted by Crippen LogP contribution is 2.49. The average Bonchev–Trinajstić information content (AvgIpc) is 2.64. The van der Waals surface area contributed by atoms with Crippen molar-refractivity contribution in [1.82, 2.24) is 10.6 Å². The molecule has 0 radical (unpaired) electrons. The summed E-state index contributed by atoms with van der Waals surface area (Å²) in [5.74, 6) is 1.71. The molecule has 0 aliphatic carbocycles. The summed E-state index contributed by atoms with van der Waals surface area (Å²) in [6.45, 7) is 7.65. The second-order valence-electron chi connectivity index (χ2n) is 9.01. The number of aryl methyl sites for hydroxylation is 1. The number of hydrogen-bond donors (Lipinski definition) is 2. The fourth-order valence-electron chi connectivity index (χ4n) is 4.83. The molecule has 0 bridgehead atoms. The predicted molar refractivity (Wildman–Crippen MR) is 123 cm³/mol. The maximum atomic E-state index is 11.5. The van der Waals surface area contributed by atoms with Crippen LogP contribution >= 0.6 is 12.2 Å². The first-order chi connectivity index (χ1) is 14.6. The number of fused-ring (bicyclic) bond motifs is 1. The van der Waals surface area contributed by atoms with Gasteiger partial charge in [0.2, 0.25) is 0 Å². The summed E-state index contributed by atoms with van der Waals surface area (Å²) in [6, 6.07) is 11.8. The largest absolute Gasteiger partial charge is 0.497 e. The zero-order valence-electron chi connectivity index (χ0n) is 18.5. The van der Waals surface area contributed by atoms with Crippen LogP contribution in [0.4, 0.5) is 0 Å². The summed E-state index contributed by atoms with van der Waals surface area (Å²) in [5.41, 5.74) is 2.37. The van der Waals surface area contributed by atoms with Gasteiger partial charge in [-0.25, -0.2) is 0 Å². The average molecular weight is 441 g/mol. The Labute approximate surface area is 188 Å². The van der Waals surface area contributed by atoms with Crippen LogP contribution in [0.3, 0.4) is 0 Å². The lowest BCUT2D eigenvalue weighted by Gasteiger charge is -2.50. The Hall–Kier alpha value is -2.80. The van der Waals surface area contributed by atoms with Gasteiger partial charge in [-0.05, 0) is 62.3 Å². The third kappa shape index (κ3) is 4.32. The standard InChI is InChI=1S/C24H28N2O4S/c1-14-10-18(29-15(2)27)11-20-21(14)19(16-6-8-17(28-5)9-7-16)12-24(30-20)13-23(3,4)25-22(31)26-24/h6-11,19H,12-13H2,1-5H3,(H2,25,26,31)/t19-,24+/m1/s1. The molecule has 0 amide bonds. The first-order valence-corrected chi connectivity index (χ1v) is 10.8. The second kappa shape index (κ2) is 7.71. The molecule has 0 saturated carbocycles. The van der Waals surface area contributed by atoms with Crippen molar-refractivity contribution in [2.45, 2.75) is 57.7 Å². The number of carbonyl (C=O) groups is 1. The van der Waals surface area contributed by atoms with E-state index in [9.17, 15) is 4.79 Å². The van der Waals surface area contributed by atoms with E-state index in [2.05, 4.69) is 36.6 Å². The third-order valence-corrected chi connectivity index (χ3v) is 6.01. The van der Waals surface area contributed by atoms with Crippen LogP contribution < -0.4 is 24.8 Å². The van der Waals surface area contributed by atoms with Crippen molar-refractivity contribution >= 4 is 23.3 Å². The van der Waals surface area contributed by atoms with Gasteiger partial charge in [-0.15, -0.1) is 0 Å². The highest BCUT2D eigenvalue weighted by Gasteiger charge is 2.49.